The van der Waals surface area contributed by atoms with Crippen molar-refractivity contribution in [1.82, 2.24) is 9.88 Å². The van der Waals surface area contributed by atoms with Gasteiger partial charge in [0.1, 0.15) is 0 Å². The Morgan fingerprint density at radius 1 is 1.54 bits per heavy atom. The lowest BCUT2D eigenvalue weighted by atomic mass is 10.3. The highest BCUT2D eigenvalue weighted by molar-refractivity contribution is 5.03. The highest BCUT2D eigenvalue weighted by Crippen LogP contribution is 2.11. The molecule has 1 aromatic heterocycles. The van der Waals surface area contributed by atoms with Gasteiger partial charge >= 0.3 is 0 Å². The summed E-state index contributed by atoms with van der Waals surface area (Å²) in [6.07, 6.45) is 2.57. The number of rotatable bonds is 2. The number of hydrogen-bond acceptors (Lipinski definition) is 3. The molecule has 2 heterocycles. The summed E-state index contributed by atoms with van der Waals surface area (Å²) in [6.45, 7) is 2.63. The van der Waals surface area contributed by atoms with E-state index in [9.17, 15) is 5.11 Å². The van der Waals surface area contributed by atoms with Gasteiger partial charge in [-0.2, -0.15) is 0 Å². The first-order chi connectivity index (χ1) is 6.34. The Labute approximate surface area is 78.0 Å². The lowest BCUT2D eigenvalue weighted by Crippen LogP contribution is -2.21. The largest absolute Gasteiger partial charge is 0.392 e. The number of aromatic nitrogens is 1. The predicted molar refractivity (Wildman–Crippen MR) is 50.1 cm³/mol. The summed E-state index contributed by atoms with van der Waals surface area (Å²) in [6, 6.07) is 5.93. The lowest BCUT2D eigenvalue weighted by Gasteiger charge is -2.13. The van der Waals surface area contributed by atoms with Crippen LogP contribution in [0.15, 0.2) is 24.4 Å². The fourth-order valence-corrected chi connectivity index (χ4v) is 1.68. The van der Waals surface area contributed by atoms with Crippen molar-refractivity contribution >= 4 is 0 Å². The molecule has 1 aromatic rings. The molecule has 0 unspecified atom stereocenters. The molecule has 1 fully saturated rings. The van der Waals surface area contributed by atoms with Gasteiger partial charge in [0.25, 0.3) is 0 Å². The summed E-state index contributed by atoms with van der Waals surface area (Å²) in [5, 5.41) is 9.32. The minimum Gasteiger partial charge on any atom is -0.392 e. The number of β-amino-alcohol motifs (C(OH)–C–C–N with tert-alkyl or cyclic N) is 1. The number of aliphatic hydroxyl groups excluding tert-OH is 1. The lowest BCUT2D eigenvalue weighted by molar-refractivity contribution is 0.174. The third-order valence-corrected chi connectivity index (χ3v) is 2.36. The number of nitrogens with zero attached hydrogens (tertiary/aromatic N) is 2. The summed E-state index contributed by atoms with van der Waals surface area (Å²) >= 11 is 0. The van der Waals surface area contributed by atoms with Crippen molar-refractivity contribution in [1.29, 1.82) is 0 Å². The summed E-state index contributed by atoms with van der Waals surface area (Å²) in [5.41, 5.74) is 1.08. The third-order valence-electron chi connectivity index (χ3n) is 2.36. The third kappa shape index (κ3) is 2.26. The van der Waals surface area contributed by atoms with E-state index in [1.165, 1.54) is 0 Å². The molecule has 3 nitrogen and oxygen atoms in total. The van der Waals surface area contributed by atoms with Crippen LogP contribution in [-0.2, 0) is 6.54 Å². The Kier molecular flexibility index (Phi) is 2.57. The van der Waals surface area contributed by atoms with Gasteiger partial charge < -0.3 is 5.11 Å². The first-order valence-electron chi connectivity index (χ1n) is 4.65. The zero-order valence-electron chi connectivity index (χ0n) is 7.56. The van der Waals surface area contributed by atoms with Crippen LogP contribution in [0.4, 0.5) is 0 Å². The van der Waals surface area contributed by atoms with E-state index in [0.717, 1.165) is 31.7 Å². The molecule has 1 saturated heterocycles. The van der Waals surface area contributed by atoms with Crippen molar-refractivity contribution < 1.29 is 5.11 Å². The van der Waals surface area contributed by atoms with E-state index in [2.05, 4.69) is 9.88 Å². The van der Waals surface area contributed by atoms with Gasteiger partial charge in [-0.3, -0.25) is 9.88 Å². The molecule has 70 valence electrons. The molecule has 2 rings (SSSR count). The Morgan fingerprint density at radius 2 is 2.46 bits per heavy atom. The summed E-state index contributed by atoms with van der Waals surface area (Å²) in [4.78, 5) is 6.47. The maximum Gasteiger partial charge on any atom is 0.0679 e. The topological polar surface area (TPSA) is 36.4 Å². The highest BCUT2D eigenvalue weighted by Gasteiger charge is 2.19. The molecule has 0 bridgehead atoms. The predicted octanol–water partition coefficient (Wildman–Crippen LogP) is 0.648. The van der Waals surface area contributed by atoms with Crippen molar-refractivity contribution in [3.8, 4) is 0 Å². The first kappa shape index (κ1) is 8.66. The smallest absolute Gasteiger partial charge is 0.0679 e. The van der Waals surface area contributed by atoms with E-state index in [0.29, 0.717) is 0 Å². The van der Waals surface area contributed by atoms with Crippen LogP contribution in [0.2, 0.25) is 0 Å². The molecule has 0 amide bonds. The fraction of sp³-hybridized carbons (Fsp3) is 0.500. The average Bonchev–Trinajstić information content (AvgIpc) is 2.53. The summed E-state index contributed by atoms with van der Waals surface area (Å²) < 4.78 is 0. The number of aliphatic hydroxyl groups is 1. The van der Waals surface area contributed by atoms with Crippen molar-refractivity contribution in [3.05, 3.63) is 30.1 Å². The van der Waals surface area contributed by atoms with Crippen LogP contribution in [0.5, 0.6) is 0 Å². The van der Waals surface area contributed by atoms with Crippen LogP contribution in [0, 0.1) is 0 Å². The quantitative estimate of drug-likeness (QED) is 0.722. The Hall–Kier alpha value is -0.930. The molecule has 1 aliphatic rings. The molecule has 1 aliphatic heterocycles. The average molecular weight is 178 g/mol. The molecule has 0 saturated carbocycles. The zero-order valence-corrected chi connectivity index (χ0v) is 7.56. The maximum atomic E-state index is 9.32. The molecule has 1 atom stereocenters. The van der Waals surface area contributed by atoms with Crippen LogP contribution >= 0.6 is 0 Å². The molecular formula is C10H14N2O. The SMILES string of the molecule is O[C@H]1CCN(Cc2ccccn2)C1. The molecule has 0 aliphatic carbocycles. The van der Waals surface area contributed by atoms with Crippen molar-refractivity contribution in [3.63, 3.8) is 0 Å². The van der Waals surface area contributed by atoms with E-state index in [-0.39, 0.29) is 6.10 Å². The van der Waals surface area contributed by atoms with Crippen molar-refractivity contribution in [2.45, 2.75) is 19.1 Å². The van der Waals surface area contributed by atoms with E-state index in [4.69, 9.17) is 0 Å². The molecule has 13 heavy (non-hydrogen) atoms. The second-order valence-electron chi connectivity index (χ2n) is 3.50. The van der Waals surface area contributed by atoms with E-state index < -0.39 is 0 Å². The normalized spacial score (nSPS) is 23.6. The van der Waals surface area contributed by atoms with E-state index in [1.807, 2.05) is 24.4 Å². The van der Waals surface area contributed by atoms with Gasteiger partial charge in [0.05, 0.1) is 11.8 Å². The van der Waals surface area contributed by atoms with Crippen LogP contribution in [-0.4, -0.2) is 34.2 Å². The molecular weight excluding hydrogens is 164 g/mol. The van der Waals surface area contributed by atoms with Gasteiger partial charge in [-0.1, -0.05) is 6.07 Å². The van der Waals surface area contributed by atoms with Crippen LogP contribution in [0.25, 0.3) is 0 Å². The van der Waals surface area contributed by atoms with Gasteiger partial charge in [0.2, 0.25) is 0 Å². The highest BCUT2D eigenvalue weighted by atomic mass is 16.3. The van der Waals surface area contributed by atoms with Gasteiger partial charge in [-0.05, 0) is 18.6 Å². The Bertz CT molecular complexity index is 263. The zero-order chi connectivity index (χ0) is 9.10. The van der Waals surface area contributed by atoms with Gasteiger partial charge in [-0.15, -0.1) is 0 Å². The van der Waals surface area contributed by atoms with Gasteiger partial charge in [-0.25, -0.2) is 0 Å². The monoisotopic (exact) mass is 178 g/mol. The van der Waals surface area contributed by atoms with Crippen molar-refractivity contribution in [2.75, 3.05) is 13.1 Å². The Morgan fingerprint density at radius 3 is 3.08 bits per heavy atom. The molecule has 0 radical (unpaired) electrons. The minimum atomic E-state index is -0.135. The second kappa shape index (κ2) is 3.85. The molecule has 1 N–H and O–H groups in total. The Balaban J connectivity index is 1.92. The maximum absolute atomic E-state index is 9.32. The summed E-state index contributed by atoms with van der Waals surface area (Å²) in [7, 11) is 0. The minimum absolute atomic E-state index is 0.135. The van der Waals surface area contributed by atoms with Crippen LogP contribution in [0.1, 0.15) is 12.1 Å². The first-order valence-corrected chi connectivity index (χ1v) is 4.65. The summed E-state index contributed by atoms with van der Waals surface area (Å²) in [5.74, 6) is 0. The van der Waals surface area contributed by atoms with Crippen molar-refractivity contribution in [2.24, 2.45) is 0 Å². The number of likely N-dealkylation sites (tertiary alicyclic amines) is 1. The molecule has 0 aromatic carbocycles. The van der Waals surface area contributed by atoms with Crippen LogP contribution in [0.3, 0.4) is 0 Å². The standard InChI is InChI=1S/C10H14N2O/c13-10-4-6-12(8-10)7-9-3-1-2-5-11-9/h1-3,5,10,13H,4,6-8H2/t10-/m0/s1. The fourth-order valence-electron chi connectivity index (χ4n) is 1.68. The number of hydrogen-bond donors (Lipinski definition) is 1. The molecule has 0 spiro atoms. The van der Waals surface area contributed by atoms with Gasteiger partial charge in [0, 0.05) is 25.8 Å². The van der Waals surface area contributed by atoms with E-state index >= 15 is 0 Å². The molecule has 3 heteroatoms. The number of pyridine rings is 1. The van der Waals surface area contributed by atoms with Gasteiger partial charge in [0.15, 0.2) is 0 Å². The second-order valence-corrected chi connectivity index (χ2v) is 3.50. The van der Waals surface area contributed by atoms with E-state index in [1.54, 1.807) is 0 Å². The van der Waals surface area contributed by atoms with Crippen LogP contribution < -0.4 is 0 Å².